The summed E-state index contributed by atoms with van der Waals surface area (Å²) in [5.41, 5.74) is 2.68. The summed E-state index contributed by atoms with van der Waals surface area (Å²) in [4.78, 5) is 25.1. The third kappa shape index (κ3) is 5.44. The topological polar surface area (TPSA) is 101 Å². The number of aryl methyl sites for hydroxylation is 1. The Labute approximate surface area is 176 Å². The molecule has 3 rings (SSSR count). The molecule has 30 heavy (non-hydrogen) atoms. The van der Waals surface area contributed by atoms with Crippen LogP contribution in [-0.2, 0) is 0 Å². The van der Waals surface area contributed by atoms with E-state index in [0.29, 0.717) is 29.0 Å². The number of carbonyl (C=O) groups is 1. The molecule has 2 aromatic heterocycles. The highest BCUT2D eigenvalue weighted by atomic mass is 16.5. The molecule has 8 heteroatoms. The molecule has 0 aliphatic rings. The minimum Gasteiger partial charge on any atom is -0.438 e. The van der Waals surface area contributed by atoms with Gasteiger partial charge < -0.3 is 20.7 Å². The first-order chi connectivity index (χ1) is 14.2. The lowest BCUT2D eigenvalue weighted by atomic mass is 10.1. The molecule has 0 aliphatic heterocycles. The van der Waals surface area contributed by atoms with Crippen molar-refractivity contribution in [1.29, 1.82) is 0 Å². The Morgan fingerprint density at radius 1 is 1.07 bits per heavy atom. The van der Waals surface area contributed by atoms with Gasteiger partial charge in [0.2, 0.25) is 11.8 Å². The van der Waals surface area contributed by atoms with Crippen LogP contribution in [0.25, 0.3) is 11.3 Å². The normalized spacial score (nSPS) is 11.0. The summed E-state index contributed by atoms with van der Waals surface area (Å²) >= 11 is 0. The zero-order valence-corrected chi connectivity index (χ0v) is 17.8. The lowest BCUT2D eigenvalue weighted by Gasteiger charge is -2.21. The second kappa shape index (κ2) is 8.77. The number of anilines is 2. The van der Waals surface area contributed by atoms with Crippen LogP contribution in [0.1, 0.15) is 26.3 Å². The first kappa shape index (κ1) is 21.0. The smallest absolute Gasteiger partial charge is 0.319 e. The van der Waals surface area contributed by atoms with Crippen molar-refractivity contribution in [3.05, 3.63) is 54.4 Å². The van der Waals surface area contributed by atoms with Crippen molar-refractivity contribution >= 4 is 17.7 Å². The number of ether oxygens (including phenoxy) is 1. The molecule has 0 bridgehead atoms. The van der Waals surface area contributed by atoms with Crippen LogP contribution in [0, 0.1) is 6.92 Å². The van der Waals surface area contributed by atoms with Gasteiger partial charge >= 0.3 is 6.03 Å². The first-order valence-electron chi connectivity index (χ1n) is 9.59. The van der Waals surface area contributed by atoms with Crippen LogP contribution in [0.15, 0.2) is 48.8 Å². The fourth-order valence-corrected chi connectivity index (χ4v) is 2.75. The van der Waals surface area contributed by atoms with Crippen LogP contribution < -0.4 is 20.7 Å². The van der Waals surface area contributed by atoms with Gasteiger partial charge in [-0.2, -0.15) is 0 Å². The summed E-state index contributed by atoms with van der Waals surface area (Å²) < 4.78 is 6.09. The molecule has 2 amide bonds. The van der Waals surface area contributed by atoms with Gasteiger partial charge in [-0.15, -0.1) is 0 Å². The minimum absolute atomic E-state index is 0.258. The number of pyridine rings is 1. The van der Waals surface area contributed by atoms with Gasteiger partial charge in [-0.05, 0) is 69.7 Å². The lowest BCUT2D eigenvalue weighted by molar-refractivity contribution is 0.244. The quantitative estimate of drug-likeness (QED) is 0.572. The molecule has 8 nitrogen and oxygen atoms in total. The van der Waals surface area contributed by atoms with Crippen molar-refractivity contribution in [3.63, 3.8) is 0 Å². The average molecular weight is 406 g/mol. The molecule has 3 aromatic rings. The number of nitrogens with zero attached hydrogens (tertiary/aromatic N) is 3. The predicted octanol–water partition coefficient (Wildman–Crippen LogP) is 4.60. The largest absolute Gasteiger partial charge is 0.438 e. The monoisotopic (exact) mass is 406 g/mol. The predicted molar refractivity (Wildman–Crippen MR) is 118 cm³/mol. The SMILES string of the molecule is CNc1nccc(-c2cccnc2Oc2ccc(NC(=O)NC(C)(C)C)cc2C)n1. The zero-order valence-electron chi connectivity index (χ0n) is 17.8. The Kier molecular flexibility index (Phi) is 6.15. The van der Waals surface area contributed by atoms with Crippen molar-refractivity contribution in [1.82, 2.24) is 20.3 Å². The molecule has 0 unspecified atom stereocenters. The van der Waals surface area contributed by atoms with E-state index < -0.39 is 0 Å². The van der Waals surface area contributed by atoms with Gasteiger partial charge in [0.25, 0.3) is 0 Å². The van der Waals surface area contributed by atoms with Gasteiger partial charge in [0.05, 0.1) is 11.3 Å². The fraction of sp³-hybridized carbons (Fsp3) is 0.273. The zero-order chi connectivity index (χ0) is 21.7. The van der Waals surface area contributed by atoms with Gasteiger partial charge in [-0.1, -0.05) is 0 Å². The highest BCUT2D eigenvalue weighted by molar-refractivity contribution is 5.89. The van der Waals surface area contributed by atoms with E-state index in [1.165, 1.54) is 0 Å². The summed E-state index contributed by atoms with van der Waals surface area (Å²) in [6.07, 6.45) is 3.35. The number of hydrogen-bond acceptors (Lipinski definition) is 6. The average Bonchev–Trinajstić information content (AvgIpc) is 2.69. The van der Waals surface area contributed by atoms with Crippen LogP contribution in [0.5, 0.6) is 11.6 Å². The molecule has 0 saturated carbocycles. The van der Waals surface area contributed by atoms with Crippen LogP contribution in [0.4, 0.5) is 16.4 Å². The summed E-state index contributed by atoms with van der Waals surface area (Å²) in [6.45, 7) is 7.69. The molecular weight excluding hydrogens is 380 g/mol. The van der Waals surface area contributed by atoms with E-state index >= 15 is 0 Å². The third-order valence-electron chi connectivity index (χ3n) is 4.05. The summed E-state index contributed by atoms with van der Waals surface area (Å²) in [6, 6.07) is 10.7. The number of rotatable bonds is 5. The number of urea groups is 1. The lowest BCUT2D eigenvalue weighted by Crippen LogP contribution is -2.43. The molecule has 3 N–H and O–H groups in total. The molecule has 0 aliphatic carbocycles. The minimum atomic E-state index is -0.314. The molecular formula is C22H26N6O2. The van der Waals surface area contributed by atoms with E-state index in [-0.39, 0.29) is 11.6 Å². The molecule has 0 spiro atoms. The fourth-order valence-electron chi connectivity index (χ4n) is 2.75. The maximum absolute atomic E-state index is 12.1. The number of aromatic nitrogens is 3. The Balaban J connectivity index is 1.81. The summed E-state index contributed by atoms with van der Waals surface area (Å²) in [5, 5.41) is 8.63. The molecule has 0 fully saturated rings. The van der Waals surface area contributed by atoms with Crippen molar-refractivity contribution in [2.75, 3.05) is 17.7 Å². The second-order valence-electron chi connectivity index (χ2n) is 7.78. The van der Waals surface area contributed by atoms with Gasteiger partial charge in [-0.25, -0.2) is 19.7 Å². The maximum atomic E-state index is 12.1. The van der Waals surface area contributed by atoms with Gasteiger partial charge in [0, 0.05) is 30.7 Å². The highest BCUT2D eigenvalue weighted by Crippen LogP contribution is 2.32. The Morgan fingerprint density at radius 3 is 2.57 bits per heavy atom. The van der Waals surface area contributed by atoms with Gasteiger partial charge in [-0.3, -0.25) is 0 Å². The van der Waals surface area contributed by atoms with Crippen molar-refractivity contribution in [2.24, 2.45) is 0 Å². The van der Waals surface area contributed by atoms with Crippen LogP contribution in [0.2, 0.25) is 0 Å². The van der Waals surface area contributed by atoms with E-state index in [1.54, 1.807) is 37.6 Å². The standard InChI is InChI=1S/C22H26N6O2/c1-14-13-15(26-21(29)28-22(2,3)4)8-9-18(14)30-19-16(7-6-11-24-19)17-10-12-25-20(23-5)27-17/h6-13H,1-5H3,(H,23,25,27)(H2,26,28,29). The number of amides is 2. The first-order valence-corrected chi connectivity index (χ1v) is 9.59. The summed E-state index contributed by atoms with van der Waals surface area (Å²) in [5.74, 6) is 1.59. The van der Waals surface area contributed by atoms with E-state index in [1.807, 2.05) is 45.9 Å². The van der Waals surface area contributed by atoms with Crippen molar-refractivity contribution in [2.45, 2.75) is 33.2 Å². The Morgan fingerprint density at radius 2 is 1.87 bits per heavy atom. The van der Waals surface area contributed by atoms with E-state index in [2.05, 4.69) is 30.9 Å². The third-order valence-corrected chi connectivity index (χ3v) is 4.05. The maximum Gasteiger partial charge on any atom is 0.319 e. The molecule has 0 atom stereocenters. The van der Waals surface area contributed by atoms with Gasteiger partial charge in [0.15, 0.2) is 0 Å². The molecule has 156 valence electrons. The second-order valence-corrected chi connectivity index (χ2v) is 7.78. The number of nitrogens with one attached hydrogen (secondary N) is 3. The van der Waals surface area contributed by atoms with Crippen LogP contribution in [-0.4, -0.2) is 33.6 Å². The Hall–Kier alpha value is -3.68. The number of hydrogen-bond donors (Lipinski definition) is 3. The number of benzene rings is 1. The van der Waals surface area contributed by atoms with Crippen LogP contribution in [0.3, 0.4) is 0 Å². The van der Waals surface area contributed by atoms with Crippen molar-refractivity contribution in [3.8, 4) is 22.9 Å². The van der Waals surface area contributed by atoms with E-state index in [4.69, 9.17) is 4.74 Å². The number of carbonyl (C=O) groups excluding carboxylic acids is 1. The highest BCUT2D eigenvalue weighted by Gasteiger charge is 2.15. The molecule has 0 saturated heterocycles. The van der Waals surface area contributed by atoms with E-state index in [0.717, 1.165) is 11.1 Å². The van der Waals surface area contributed by atoms with Crippen LogP contribution >= 0.6 is 0 Å². The molecule has 0 radical (unpaired) electrons. The summed E-state index contributed by atoms with van der Waals surface area (Å²) in [7, 11) is 1.76. The van der Waals surface area contributed by atoms with E-state index in [9.17, 15) is 4.79 Å². The van der Waals surface area contributed by atoms with Gasteiger partial charge in [0.1, 0.15) is 5.75 Å². The Bertz CT molecular complexity index is 1050. The molecule has 1 aromatic carbocycles. The van der Waals surface area contributed by atoms with Crippen molar-refractivity contribution < 1.29 is 9.53 Å². The molecule has 2 heterocycles.